The molecule has 1 aromatic carbocycles. The van der Waals surface area contributed by atoms with Crippen molar-refractivity contribution in [2.24, 2.45) is 11.3 Å². The third-order valence-corrected chi connectivity index (χ3v) is 8.00. The SMILES string of the molecule is CCS[C@H]1CC[C@]2(C)c3cc(OC)ccc3CC[C@H]2C1(C)C. The number of benzene rings is 1. The van der Waals surface area contributed by atoms with Gasteiger partial charge in [-0.25, -0.2) is 0 Å². The second-order valence-corrected chi connectivity index (χ2v) is 9.32. The van der Waals surface area contributed by atoms with Crippen LogP contribution in [-0.2, 0) is 11.8 Å². The van der Waals surface area contributed by atoms with Crippen LogP contribution in [0.5, 0.6) is 5.75 Å². The third-order valence-electron chi connectivity index (χ3n) is 6.43. The van der Waals surface area contributed by atoms with Crippen LogP contribution < -0.4 is 4.74 Å². The summed E-state index contributed by atoms with van der Waals surface area (Å²) in [6.07, 6.45) is 5.23. The van der Waals surface area contributed by atoms with Crippen molar-refractivity contribution >= 4 is 11.8 Å². The molecule has 0 saturated heterocycles. The van der Waals surface area contributed by atoms with Crippen molar-refractivity contribution < 1.29 is 4.74 Å². The quantitative estimate of drug-likeness (QED) is 0.732. The van der Waals surface area contributed by atoms with Gasteiger partial charge >= 0.3 is 0 Å². The molecule has 0 radical (unpaired) electrons. The minimum atomic E-state index is 0.316. The van der Waals surface area contributed by atoms with Gasteiger partial charge in [-0.2, -0.15) is 11.8 Å². The lowest BCUT2D eigenvalue weighted by molar-refractivity contribution is 0.0471. The number of aryl methyl sites for hydroxylation is 1. The maximum atomic E-state index is 5.51. The number of rotatable bonds is 3. The predicted octanol–water partition coefficient (Wildman–Crippen LogP) is 5.46. The third kappa shape index (κ3) is 2.38. The molecule has 0 heterocycles. The van der Waals surface area contributed by atoms with Crippen molar-refractivity contribution in [1.82, 2.24) is 0 Å². The first-order chi connectivity index (χ1) is 10.4. The molecular weight excluding hydrogens is 288 g/mol. The van der Waals surface area contributed by atoms with E-state index in [0.717, 1.165) is 16.9 Å². The zero-order valence-electron chi connectivity index (χ0n) is 14.7. The molecule has 2 aliphatic carbocycles. The number of methoxy groups -OCH3 is 1. The predicted molar refractivity (Wildman–Crippen MR) is 97.1 cm³/mol. The summed E-state index contributed by atoms with van der Waals surface area (Å²) in [5.74, 6) is 3.03. The minimum absolute atomic E-state index is 0.316. The van der Waals surface area contributed by atoms with Crippen molar-refractivity contribution in [2.45, 2.75) is 64.0 Å². The van der Waals surface area contributed by atoms with Gasteiger partial charge < -0.3 is 4.74 Å². The van der Waals surface area contributed by atoms with E-state index in [-0.39, 0.29) is 0 Å². The molecule has 2 aliphatic rings. The lowest BCUT2D eigenvalue weighted by atomic mass is 9.50. The Morgan fingerprint density at radius 2 is 2.00 bits per heavy atom. The molecule has 1 fully saturated rings. The number of hydrogen-bond acceptors (Lipinski definition) is 2. The fraction of sp³-hybridized carbons (Fsp3) is 0.700. The maximum Gasteiger partial charge on any atom is 0.119 e. The molecule has 22 heavy (non-hydrogen) atoms. The lowest BCUT2D eigenvalue weighted by Gasteiger charge is -2.57. The monoisotopic (exact) mass is 318 g/mol. The van der Waals surface area contributed by atoms with E-state index in [4.69, 9.17) is 4.74 Å². The van der Waals surface area contributed by atoms with Gasteiger partial charge in [0.05, 0.1) is 7.11 Å². The normalized spacial score (nSPS) is 33.0. The van der Waals surface area contributed by atoms with Crippen LogP contribution in [0.25, 0.3) is 0 Å². The van der Waals surface area contributed by atoms with Crippen molar-refractivity contribution in [3.05, 3.63) is 29.3 Å². The smallest absolute Gasteiger partial charge is 0.119 e. The van der Waals surface area contributed by atoms with Crippen LogP contribution in [0.15, 0.2) is 18.2 Å². The summed E-state index contributed by atoms with van der Waals surface area (Å²) in [6, 6.07) is 6.76. The lowest BCUT2D eigenvalue weighted by Crippen LogP contribution is -2.53. The molecule has 1 saturated carbocycles. The van der Waals surface area contributed by atoms with Gasteiger partial charge in [-0.15, -0.1) is 0 Å². The van der Waals surface area contributed by atoms with E-state index in [0.29, 0.717) is 10.8 Å². The summed E-state index contributed by atoms with van der Waals surface area (Å²) in [5.41, 5.74) is 3.85. The van der Waals surface area contributed by atoms with Crippen molar-refractivity contribution in [3.8, 4) is 5.75 Å². The van der Waals surface area contributed by atoms with E-state index in [9.17, 15) is 0 Å². The van der Waals surface area contributed by atoms with Crippen molar-refractivity contribution in [1.29, 1.82) is 0 Å². The highest BCUT2D eigenvalue weighted by atomic mass is 32.2. The molecule has 0 aromatic heterocycles. The molecule has 0 unspecified atom stereocenters. The number of ether oxygens (including phenoxy) is 1. The van der Waals surface area contributed by atoms with E-state index in [2.05, 4.69) is 57.7 Å². The van der Waals surface area contributed by atoms with Crippen molar-refractivity contribution in [3.63, 3.8) is 0 Å². The highest BCUT2D eigenvalue weighted by molar-refractivity contribution is 7.99. The van der Waals surface area contributed by atoms with Crippen LogP contribution in [0, 0.1) is 11.3 Å². The Balaban J connectivity index is 2.02. The van der Waals surface area contributed by atoms with Gasteiger partial charge in [0.25, 0.3) is 0 Å². The zero-order valence-corrected chi connectivity index (χ0v) is 15.6. The van der Waals surface area contributed by atoms with Crippen LogP contribution in [0.4, 0.5) is 0 Å². The van der Waals surface area contributed by atoms with E-state index in [1.165, 1.54) is 31.4 Å². The Morgan fingerprint density at radius 1 is 1.23 bits per heavy atom. The first-order valence-corrected chi connectivity index (χ1v) is 9.77. The van der Waals surface area contributed by atoms with Crippen LogP contribution >= 0.6 is 11.8 Å². The molecule has 0 aliphatic heterocycles. The van der Waals surface area contributed by atoms with Gasteiger partial charge in [-0.3, -0.25) is 0 Å². The topological polar surface area (TPSA) is 9.23 Å². The molecule has 0 N–H and O–H groups in total. The summed E-state index contributed by atoms with van der Waals surface area (Å²) in [4.78, 5) is 0. The molecule has 122 valence electrons. The molecule has 3 rings (SSSR count). The van der Waals surface area contributed by atoms with Gasteiger partial charge in [0, 0.05) is 5.25 Å². The van der Waals surface area contributed by atoms with Gasteiger partial charge in [0.2, 0.25) is 0 Å². The van der Waals surface area contributed by atoms with Crippen molar-refractivity contribution in [2.75, 3.05) is 12.9 Å². The van der Waals surface area contributed by atoms with E-state index in [1.807, 2.05) is 0 Å². The van der Waals surface area contributed by atoms with Crippen LogP contribution in [0.1, 0.15) is 58.1 Å². The molecule has 0 spiro atoms. The number of thioether (sulfide) groups is 1. The fourth-order valence-electron chi connectivity index (χ4n) is 5.27. The van der Waals surface area contributed by atoms with Crippen LogP contribution in [0.2, 0.25) is 0 Å². The Kier molecular flexibility index (Phi) is 4.26. The summed E-state index contributed by atoms with van der Waals surface area (Å²) in [7, 11) is 1.78. The Labute approximate surface area is 140 Å². The molecule has 3 atom stereocenters. The Bertz CT molecular complexity index is 551. The van der Waals surface area contributed by atoms with E-state index < -0.39 is 0 Å². The van der Waals surface area contributed by atoms with Crippen LogP contribution in [0.3, 0.4) is 0 Å². The second kappa shape index (κ2) is 5.78. The first-order valence-electron chi connectivity index (χ1n) is 8.72. The molecule has 2 heteroatoms. The van der Waals surface area contributed by atoms with Gasteiger partial charge in [-0.1, -0.05) is 33.8 Å². The fourth-order valence-corrected chi connectivity index (χ4v) is 6.55. The first kappa shape index (κ1) is 16.2. The summed E-state index contributed by atoms with van der Waals surface area (Å²) < 4.78 is 5.51. The highest BCUT2D eigenvalue weighted by Gasteiger charge is 2.53. The number of fused-ring (bicyclic) bond motifs is 3. The van der Waals surface area contributed by atoms with Crippen LogP contribution in [-0.4, -0.2) is 18.1 Å². The summed E-state index contributed by atoms with van der Waals surface area (Å²) in [6.45, 7) is 9.86. The van der Waals surface area contributed by atoms with E-state index >= 15 is 0 Å². The number of hydrogen-bond donors (Lipinski definition) is 0. The Hall–Kier alpha value is -0.630. The summed E-state index contributed by atoms with van der Waals surface area (Å²) >= 11 is 2.18. The molecule has 0 amide bonds. The van der Waals surface area contributed by atoms with Gasteiger partial charge in [0.1, 0.15) is 5.75 Å². The molecule has 1 nitrogen and oxygen atoms in total. The average molecular weight is 319 g/mol. The maximum absolute atomic E-state index is 5.51. The highest BCUT2D eigenvalue weighted by Crippen LogP contribution is 2.59. The van der Waals surface area contributed by atoms with Gasteiger partial charge in [-0.05, 0) is 71.4 Å². The standard InChI is InChI=1S/C20H30OS/c1-6-22-18-11-12-20(4)16-13-15(21-5)9-7-14(16)8-10-17(20)19(18,2)3/h7,9,13,17-18H,6,8,10-12H2,1-5H3/t17-,18-,20+/m0/s1. The molecular formula is C20H30OS. The van der Waals surface area contributed by atoms with E-state index in [1.54, 1.807) is 18.2 Å². The molecule has 0 bridgehead atoms. The second-order valence-electron chi connectivity index (χ2n) is 7.84. The summed E-state index contributed by atoms with van der Waals surface area (Å²) in [5, 5.41) is 0.808. The minimum Gasteiger partial charge on any atom is -0.497 e. The van der Waals surface area contributed by atoms with Gasteiger partial charge in [0.15, 0.2) is 0 Å². The largest absolute Gasteiger partial charge is 0.497 e. The zero-order chi connectivity index (χ0) is 16.0. The average Bonchev–Trinajstić information content (AvgIpc) is 2.50. The Morgan fingerprint density at radius 3 is 2.68 bits per heavy atom. The molecule has 1 aromatic rings.